The smallest absolute Gasteiger partial charge is 0.269 e. The van der Waals surface area contributed by atoms with E-state index in [0.29, 0.717) is 23.7 Å². The van der Waals surface area contributed by atoms with E-state index in [4.69, 9.17) is 0 Å². The molecular weight excluding hydrogens is 322 g/mol. The fourth-order valence-corrected chi connectivity index (χ4v) is 2.11. The Morgan fingerprint density at radius 2 is 1.68 bits per heavy atom. The van der Waals surface area contributed by atoms with Crippen LogP contribution >= 0.6 is 0 Å². The van der Waals surface area contributed by atoms with Crippen LogP contribution in [0.3, 0.4) is 0 Å². The van der Waals surface area contributed by atoms with Gasteiger partial charge in [-0.2, -0.15) is 0 Å². The van der Waals surface area contributed by atoms with Crippen molar-refractivity contribution in [2.75, 3.05) is 11.9 Å². The summed E-state index contributed by atoms with van der Waals surface area (Å²) in [6, 6.07) is 11.9. The topological polar surface area (TPSA) is 101 Å². The zero-order valence-electron chi connectivity index (χ0n) is 14.0. The molecule has 0 atom stereocenters. The van der Waals surface area contributed by atoms with Crippen LogP contribution in [0.15, 0.2) is 48.5 Å². The molecule has 25 heavy (non-hydrogen) atoms. The zero-order chi connectivity index (χ0) is 18.4. The number of non-ortho nitro benzene ring substituents is 1. The van der Waals surface area contributed by atoms with Crippen LogP contribution in [0.5, 0.6) is 0 Å². The summed E-state index contributed by atoms with van der Waals surface area (Å²) < 4.78 is 0. The van der Waals surface area contributed by atoms with Gasteiger partial charge in [0.1, 0.15) is 0 Å². The number of hydrogen-bond acceptors (Lipinski definition) is 4. The van der Waals surface area contributed by atoms with Crippen LogP contribution in [0.25, 0.3) is 0 Å². The standard InChI is InChI=1S/C18H19N3O4/c1-12(2)11-19-18(23)15-5-3-4-6-16(15)20-17(22)13-7-9-14(10-8-13)21(24)25/h3-10,12H,11H2,1-2H3,(H,19,23)(H,20,22). The van der Waals surface area contributed by atoms with Crippen molar-refractivity contribution in [3.63, 3.8) is 0 Å². The number of para-hydroxylation sites is 1. The molecule has 0 spiro atoms. The molecule has 2 aromatic rings. The van der Waals surface area contributed by atoms with Crippen LogP contribution in [0.1, 0.15) is 34.6 Å². The van der Waals surface area contributed by atoms with Gasteiger partial charge in [-0.25, -0.2) is 0 Å². The lowest BCUT2D eigenvalue weighted by atomic mass is 10.1. The van der Waals surface area contributed by atoms with E-state index in [0.717, 1.165) is 0 Å². The maximum Gasteiger partial charge on any atom is 0.269 e. The molecule has 0 saturated heterocycles. The van der Waals surface area contributed by atoms with Crippen LogP contribution in [0, 0.1) is 16.0 Å². The van der Waals surface area contributed by atoms with Crippen LogP contribution in [-0.4, -0.2) is 23.3 Å². The third-order valence-electron chi connectivity index (χ3n) is 3.43. The largest absolute Gasteiger partial charge is 0.352 e. The van der Waals surface area contributed by atoms with Gasteiger partial charge in [0.05, 0.1) is 16.2 Å². The summed E-state index contributed by atoms with van der Waals surface area (Å²) in [5, 5.41) is 16.1. The number of rotatable bonds is 6. The molecule has 2 aromatic carbocycles. The molecule has 0 bridgehead atoms. The first-order valence-corrected chi connectivity index (χ1v) is 7.81. The number of nitrogens with zero attached hydrogens (tertiary/aromatic N) is 1. The van der Waals surface area contributed by atoms with E-state index >= 15 is 0 Å². The van der Waals surface area contributed by atoms with Gasteiger partial charge < -0.3 is 10.6 Å². The van der Waals surface area contributed by atoms with Gasteiger partial charge in [0.2, 0.25) is 0 Å². The highest BCUT2D eigenvalue weighted by atomic mass is 16.6. The number of nitro groups is 1. The van der Waals surface area contributed by atoms with Gasteiger partial charge in [-0.05, 0) is 30.2 Å². The molecule has 0 unspecified atom stereocenters. The van der Waals surface area contributed by atoms with E-state index in [1.54, 1.807) is 24.3 Å². The van der Waals surface area contributed by atoms with Crippen molar-refractivity contribution in [2.24, 2.45) is 5.92 Å². The number of carbonyl (C=O) groups is 2. The highest BCUT2D eigenvalue weighted by molar-refractivity contribution is 6.09. The second-order valence-electron chi connectivity index (χ2n) is 5.91. The van der Waals surface area contributed by atoms with Gasteiger partial charge in [-0.3, -0.25) is 19.7 Å². The Hall–Kier alpha value is -3.22. The summed E-state index contributed by atoms with van der Waals surface area (Å²) >= 11 is 0. The minimum absolute atomic E-state index is 0.0926. The second-order valence-corrected chi connectivity index (χ2v) is 5.91. The third-order valence-corrected chi connectivity index (χ3v) is 3.43. The number of benzene rings is 2. The Morgan fingerprint density at radius 1 is 1.04 bits per heavy atom. The number of nitrogens with one attached hydrogen (secondary N) is 2. The summed E-state index contributed by atoms with van der Waals surface area (Å²) in [5.41, 5.74) is 0.915. The molecule has 0 fully saturated rings. The maximum atomic E-state index is 12.3. The average Bonchev–Trinajstić information content (AvgIpc) is 2.60. The summed E-state index contributed by atoms with van der Waals surface area (Å²) in [4.78, 5) is 34.7. The quantitative estimate of drug-likeness (QED) is 0.622. The molecule has 2 amide bonds. The summed E-state index contributed by atoms with van der Waals surface area (Å²) in [5.74, 6) is -0.405. The molecule has 0 aliphatic carbocycles. The van der Waals surface area contributed by atoms with Crippen molar-refractivity contribution in [3.8, 4) is 0 Å². The van der Waals surface area contributed by atoms with E-state index in [9.17, 15) is 19.7 Å². The average molecular weight is 341 g/mol. The van der Waals surface area contributed by atoms with Crippen molar-refractivity contribution < 1.29 is 14.5 Å². The lowest BCUT2D eigenvalue weighted by molar-refractivity contribution is -0.384. The maximum absolute atomic E-state index is 12.3. The van der Waals surface area contributed by atoms with Crippen molar-refractivity contribution in [1.82, 2.24) is 5.32 Å². The Labute approximate surface area is 145 Å². The Bertz CT molecular complexity index is 785. The zero-order valence-corrected chi connectivity index (χ0v) is 14.0. The fraction of sp³-hybridized carbons (Fsp3) is 0.222. The molecule has 0 aliphatic rings. The second kappa shape index (κ2) is 8.05. The lowest BCUT2D eigenvalue weighted by Gasteiger charge is -2.12. The van der Waals surface area contributed by atoms with Crippen LogP contribution < -0.4 is 10.6 Å². The van der Waals surface area contributed by atoms with E-state index in [1.165, 1.54) is 24.3 Å². The molecule has 0 aromatic heterocycles. The molecule has 7 heteroatoms. The Balaban J connectivity index is 2.15. The molecule has 0 radical (unpaired) electrons. The summed E-state index contributed by atoms with van der Waals surface area (Å²) in [6.45, 7) is 4.51. The molecule has 7 nitrogen and oxygen atoms in total. The van der Waals surface area contributed by atoms with Crippen LogP contribution in [-0.2, 0) is 0 Å². The number of anilines is 1. The first kappa shape index (κ1) is 18.1. The first-order chi connectivity index (χ1) is 11.9. The van der Waals surface area contributed by atoms with Gasteiger partial charge in [-0.1, -0.05) is 26.0 Å². The van der Waals surface area contributed by atoms with Gasteiger partial charge >= 0.3 is 0 Å². The molecule has 0 saturated carbocycles. The van der Waals surface area contributed by atoms with E-state index in [1.807, 2.05) is 13.8 Å². The van der Waals surface area contributed by atoms with Gasteiger partial charge in [0, 0.05) is 24.2 Å². The normalized spacial score (nSPS) is 10.4. The third kappa shape index (κ3) is 4.87. The first-order valence-electron chi connectivity index (χ1n) is 7.81. The molecule has 0 heterocycles. The predicted molar refractivity (Wildman–Crippen MR) is 94.7 cm³/mol. The minimum atomic E-state index is -0.532. The molecule has 2 rings (SSSR count). The number of amides is 2. The van der Waals surface area contributed by atoms with Crippen molar-refractivity contribution in [3.05, 3.63) is 69.8 Å². The van der Waals surface area contributed by atoms with E-state index in [2.05, 4.69) is 10.6 Å². The summed E-state index contributed by atoms with van der Waals surface area (Å²) in [7, 11) is 0. The van der Waals surface area contributed by atoms with Crippen LogP contribution in [0.4, 0.5) is 11.4 Å². The monoisotopic (exact) mass is 341 g/mol. The SMILES string of the molecule is CC(C)CNC(=O)c1ccccc1NC(=O)c1ccc([N+](=O)[O-])cc1. The van der Waals surface area contributed by atoms with Crippen molar-refractivity contribution in [1.29, 1.82) is 0 Å². The van der Waals surface area contributed by atoms with Gasteiger partial charge in [0.25, 0.3) is 17.5 Å². The van der Waals surface area contributed by atoms with E-state index in [-0.39, 0.29) is 17.2 Å². The number of nitro benzene ring substituents is 1. The van der Waals surface area contributed by atoms with Crippen LogP contribution in [0.2, 0.25) is 0 Å². The Morgan fingerprint density at radius 3 is 2.28 bits per heavy atom. The minimum Gasteiger partial charge on any atom is -0.352 e. The highest BCUT2D eigenvalue weighted by Gasteiger charge is 2.15. The lowest BCUT2D eigenvalue weighted by Crippen LogP contribution is -2.28. The van der Waals surface area contributed by atoms with Crippen molar-refractivity contribution >= 4 is 23.2 Å². The fourth-order valence-electron chi connectivity index (χ4n) is 2.11. The predicted octanol–water partition coefficient (Wildman–Crippen LogP) is 3.23. The number of carbonyl (C=O) groups excluding carboxylic acids is 2. The Kier molecular flexibility index (Phi) is 5.84. The number of hydrogen-bond donors (Lipinski definition) is 2. The summed E-state index contributed by atoms with van der Waals surface area (Å²) in [6.07, 6.45) is 0. The molecular formula is C18H19N3O4. The highest BCUT2D eigenvalue weighted by Crippen LogP contribution is 2.18. The molecule has 130 valence electrons. The molecule has 0 aliphatic heterocycles. The van der Waals surface area contributed by atoms with Crippen molar-refractivity contribution in [2.45, 2.75) is 13.8 Å². The molecule has 2 N–H and O–H groups in total. The van der Waals surface area contributed by atoms with Gasteiger partial charge in [0.15, 0.2) is 0 Å². The van der Waals surface area contributed by atoms with E-state index < -0.39 is 10.8 Å². The van der Waals surface area contributed by atoms with Gasteiger partial charge in [-0.15, -0.1) is 0 Å².